The van der Waals surface area contributed by atoms with Gasteiger partial charge in [0.2, 0.25) is 0 Å². The minimum absolute atomic E-state index is 0.223. The van der Waals surface area contributed by atoms with Gasteiger partial charge in [-0.2, -0.15) is 9.78 Å². The fraction of sp³-hybridized carbons (Fsp3) is 0.250. The highest BCUT2D eigenvalue weighted by molar-refractivity contribution is 9.10. The molecule has 0 saturated carbocycles. The Kier molecular flexibility index (Phi) is 5.91. The molecule has 0 saturated heterocycles. The van der Waals surface area contributed by atoms with E-state index < -0.39 is 0 Å². The minimum Gasteiger partial charge on any atom is -0.494 e. The molecule has 0 amide bonds. The van der Waals surface area contributed by atoms with Crippen molar-refractivity contribution in [2.45, 2.75) is 20.8 Å². The number of hydrogen-bond donors (Lipinski definition) is 0. The Morgan fingerprint density at radius 3 is 2.67 bits per heavy atom. The van der Waals surface area contributed by atoms with Gasteiger partial charge in [-0.15, -0.1) is 0 Å². The molecular weight excluding hydrogens is 410 g/mol. The van der Waals surface area contributed by atoms with Crippen molar-refractivity contribution in [3.05, 3.63) is 62.6 Å². The summed E-state index contributed by atoms with van der Waals surface area (Å²) in [6, 6.07) is 10.9. The van der Waals surface area contributed by atoms with Crippen molar-refractivity contribution in [2.75, 3.05) is 13.2 Å². The smallest absolute Gasteiger partial charge is 0.282 e. The minimum atomic E-state index is -0.223. The lowest BCUT2D eigenvalue weighted by Crippen LogP contribution is -2.20. The molecule has 0 aliphatic rings. The van der Waals surface area contributed by atoms with E-state index in [1.54, 1.807) is 19.2 Å². The zero-order valence-electron chi connectivity index (χ0n) is 15.4. The first-order valence-corrected chi connectivity index (χ1v) is 9.45. The number of aryl methyl sites for hydroxylation is 1. The van der Waals surface area contributed by atoms with Crippen LogP contribution in [-0.2, 0) is 0 Å². The fourth-order valence-electron chi connectivity index (χ4n) is 2.67. The van der Waals surface area contributed by atoms with Crippen LogP contribution in [0.25, 0.3) is 10.9 Å². The third-order valence-electron chi connectivity index (χ3n) is 3.88. The molecule has 0 atom stereocenters. The molecule has 3 rings (SSSR count). The van der Waals surface area contributed by atoms with Gasteiger partial charge in [-0.1, -0.05) is 15.9 Å². The number of rotatable bonds is 6. The summed E-state index contributed by atoms with van der Waals surface area (Å²) in [5.74, 6) is 1.88. The second-order valence-corrected chi connectivity index (χ2v) is 6.66. The van der Waals surface area contributed by atoms with Crippen LogP contribution >= 0.6 is 15.9 Å². The largest absolute Gasteiger partial charge is 0.494 e. The number of aromatic nitrogens is 2. The third kappa shape index (κ3) is 4.19. The Morgan fingerprint density at radius 1 is 1.15 bits per heavy atom. The predicted molar refractivity (Wildman–Crippen MR) is 110 cm³/mol. The maximum Gasteiger partial charge on any atom is 0.282 e. The molecule has 0 bridgehead atoms. The highest BCUT2D eigenvalue weighted by Gasteiger charge is 2.09. The number of halogens is 1. The molecule has 0 unspecified atom stereocenters. The average molecular weight is 430 g/mol. The summed E-state index contributed by atoms with van der Waals surface area (Å²) in [5.41, 5.74) is 1.17. The van der Waals surface area contributed by atoms with Gasteiger partial charge in [0.05, 0.1) is 30.3 Å². The Labute approximate surface area is 165 Å². The van der Waals surface area contributed by atoms with Crippen molar-refractivity contribution in [1.82, 2.24) is 9.66 Å². The summed E-state index contributed by atoms with van der Waals surface area (Å²) in [7, 11) is 0. The summed E-state index contributed by atoms with van der Waals surface area (Å²) in [5, 5.41) is 4.86. The Hall–Kier alpha value is -2.67. The van der Waals surface area contributed by atoms with Gasteiger partial charge < -0.3 is 9.47 Å². The molecule has 0 spiro atoms. The molecule has 1 aromatic heterocycles. The number of benzene rings is 2. The van der Waals surface area contributed by atoms with E-state index in [-0.39, 0.29) is 5.56 Å². The first-order valence-electron chi connectivity index (χ1n) is 8.66. The third-order valence-corrected chi connectivity index (χ3v) is 4.37. The van der Waals surface area contributed by atoms with Crippen molar-refractivity contribution >= 4 is 33.0 Å². The van der Waals surface area contributed by atoms with E-state index in [0.717, 1.165) is 15.8 Å². The number of fused-ring (bicyclic) bond motifs is 1. The van der Waals surface area contributed by atoms with Gasteiger partial charge in [0.1, 0.15) is 17.3 Å². The maximum atomic E-state index is 12.8. The topological polar surface area (TPSA) is 65.7 Å². The van der Waals surface area contributed by atoms with Crippen LogP contribution in [0.4, 0.5) is 0 Å². The quantitative estimate of drug-likeness (QED) is 0.552. The fourth-order valence-corrected chi connectivity index (χ4v) is 3.04. The average Bonchev–Trinajstić information content (AvgIpc) is 2.64. The van der Waals surface area contributed by atoms with E-state index in [1.807, 2.05) is 44.2 Å². The summed E-state index contributed by atoms with van der Waals surface area (Å²) in [6.45, 7) is 6.68. The van der Waals surface area contributed by atoms with Crippen molar-refractivity contribution in [3.63, 3.8) is 0 Å². The zero-order chi connectivity index (χ0) is 19.4. The lowest BCUT2D eigenvalue weighted by atomic mass is 10.2. The summed E-state index contributed by atoms with van der Waals surface area (Å²) in [6.07, 6.45) is 1.60. The monoisotopic (exact) mass is 429 g/mol. The van der Waals surface area contributed by atoms with Crippen LogP contribution < -0.4 is 15.0 Å². The molecular formula is C20H20BrN3O3. The van der Waals surface area contributed by atoms with Crippen LogP contribution in [0.15, 0.2) is 50.8 Å². The molecule has 2 aromatic carbocycles. The highest BCUT2D eigenvalue weighted by Crippen LogP contribution is 2.24. The summed E-state index contributed by atoms with van der Waals surface area (Å²) in [4.78, 5) is 17.3. The second-order valence-electron chi connectivity index (χ2n) is 5.75. The maximum absolute atomic E-state index is 12.8. The van der Waals surface area contributed by atoms with Gasteiger partial charge in [-0.05, 0) is 51.1 Å². The summed E-state index contributed by atoms with van der Waals surface area (Å²) < 4.78 is 13.3. The Bertz CT molecular complexity index is 1060. The van der Waals surface area contributed by atoms with Crippen molar-refractivity contribution in [1.29, 1.82) is 0 Å². The molecule has 0 radical (unpaired) electrons. The van der Waals surface area contributed by atoms with E-state index in [0.29, 0.717) is 35.7 Å². The van der Waals surface area contributed by atoms with Gasteiger partial charge in [-0.3, -0.25) is 4.79 Å². The predicted octanol–water partition coefficient (Wildman–Crippen LogP) is 4.15. The van der Waals surface area contributed by atoms with Gasteiger partial charge >= 0.3 is 0 Å². The first-order chi connectivity index (χ1) is 13.0. The van der Waals surface area contributed by atoms with E-state index in [9.17, 15) is 4.79 Å². The lowest BCUT2D eigenvalue weighted by Gasteiger charge is -2.10. The van der Waals surface area contributed by atoms with Crippen LogP contribution in [0.3, 0.4) is 0 Å². The number of nitrogens with zero attached hydrogens (tertiary/aromatic N) is 3. The van der Waals surface area contributed by atoms with Crippen LogP contribution in [-0.4, -0.2) is 29.1 Å². The molecule has 140 valence electrons. The van der Waals surface area contributed by atoms with Gasteiger partial charge in [0.25, 0.3) is 5.56 Å². The normalized spacial score (nSPS) is 11.3. The van der Waals surface area contributed by atoms with Crippen LogP contribution in [0.1, 0.15) is 25.2 Å². The molecule has 6 nitrogen and oxygen atoms in total. The molecule has 1 heterocycles. The van der Waals surface area contributed by atoms with E-state index >= 15 is 0 Å². The van der Waals surface area contributed by atoms with Gasteiger partial charge in [0, 0.05) is 16.1 Å². The SMILES string of the molecule is CCOc1ccc(C=Nn2c(C)nc3ccc(Br)cc3c2=O)c(OCC)c1. The number of ether oxygens (including phenoxy) is 2. The Morgan fingerprint density at radius 2 is 1.93 bits per heavy atom. The van der Waals surface area contributed by atoms with Crippen molar-refractivity contribution in [3.8, 4) is 11.5 Å². The molecule has 0 aliphatic heterocycles. The van der Waals surface area contributed by atoms with Crippen molar-refractivity contribution in [2.24, 2.45) is 5.10 Å². The van der Waals surface area contributed by atoms with Crippen LogP contribution in [0.5, 0.6) is 11.5 Å². The van der Waals surface area contributed by atoms with Crippen LogP contribution in [0.2, 0.25) is 0 Å². The van der Waals surface area contributed by atoms with Gasteiger partial charge in [-0.25, -0.2) is 4.98 Å². The lowest BCUT2D eigenvalue weighted by molar-refractivity contribution is 0.323. The molecule has 3 aromatic rings. The Balaban J connectivity index is 2.04. The molecule has 0 aliphatic carbocycles. The molecule has 0 fully saturated rings. The molecule has 7 heteroatoms. The number of hydrogen-bond acceptors (Lipinski definition) is 5. The highest BCUT2D eigenvalue weighted by atomic mass is 79.9. The molecule has 27 heavy (non-hydrogen) atoms. The zero-order valence-corrected chi connectivity index (χ0v) is 17.0. The van der Waals surface area contributed by atoms with E-state index in [4.69, 9.17) is 9.47 Å². The first kappa shape index (κ1) is 19.1. The van der Waals surface area contributed by atoms with Gasteiger partial charge in [0.15, 0.2) is 0 Å². The summed E-state index contributed by atoms with van der Waals surface area (Å²) >= 11 is 3.39. The van der Waals surface area contributed by atoms with Crippen molar-refractivity contribution < 1.29 is 9.47 Å². The van der Waals surface area contributed by atoms with E-state index in [2.05, 4.69) is 26.0 Å². The van der Waals surface area contributed by atoms with Crippen LogP contribution in [0, 0.1) is 6.92 Å². The van der Waals surface area contributed by atoms with E-state index in [1.165, 1.54) is 4.68 Å². The standard InChI is InChI=1S/C20H20BrN3O3/c1-4-26-16-8-6-14(19(11-16)27-5-2)12-22-24-13(3)23-18-9-7-15(21)10-17(18)20(24)25/h6-12H,4-5H2,1-3H3. The second kappa shape index (κ2) is 8.35. The molecule has 0 N–H and O–H groups in total.